The Morgan fingerprint density at radius 1 is 1.04 bits per heavy atom. The van der Waals surface area contributed by atoms with Gasteiger partial charge < -0.3 is 53.5 Å². The number of carbonyl (C=O) groups excluding carboxylic acids is 6. The Hall–Kier alpha value is -4.03. The number of hydrogen-bond acceptors (Lipinski definition) is 18. The van der Waals surface area contributed by atoms with Crippen LogP contribution in [0.5, 0.6) is 5.75 Å². The Labute approximate surface area is 467 Å². The summed E-state index contributed by atoms with van der Waals surface area (Å²) in [6, 6.07) is 2.53. The van der Waals surface area contributed by atoms with Crippen molar-refractivity contribution in [3.05, 3.63) is 46.5 Å². The van der Waals surface area contributed by atoms with Gasteiger partial charge in [0.2, 0.25) is 17.7 Å². The molecule has 0 aromatic heterocycles. The van der Waals surface area contributed by atoms with Crippen molar-refractivity contribution < 1.29 is 67.1 Å². The monoisotopic (exact) mass is 1140 g/mol. The predicted molar refractivity (Wildman–Crippen MR) is 302 cm³/mol. The van der Waals surface area contributed by atoms with Crippen LogP contribution in [0.4, 0.5) is 10.5 Å². The third kappa shape index (κ3) is 21.0. The lowest BCUT2D eigenvalue weighted by Gasteiger charge is -2.47. The fraction of sp³-hybridized carbons (Fsp3) is 0.679. The lowest BCUT2D eigenvalue weighted by molar-refractivity contribution is -0.170. The van der Waals surface area contributed by atoms with E-state index in [0.717, 1.165) is 28.4 Å². The number of rotatable bonds is 27. The van der Waals surface area contributed by atoms with Crippen molar-refractivity contribution in [3.63, 3.8) is 0 Å². The number of allylic oxidation sites excluding steroid dienone is 3. The fourth-order valence-electron chi connectivity index (χ4n) is 8.49. The van der Waals surface area contributed by atoms with Crippen LogP contribution in [0.3, 0.4) is 0 Å². The molecule has 2 heterocycles. The van der Waals surface area contributed by atoms with E-state index in [4.69, 9.17) is 44.9 Å². The number of hydrogen-bond donors (Lipinski definition) is 3. The van der Waals surface area contributed by atoms with Crippen LogP contribution >= 0.6 is 46.9 Å². The van der Waals surface area contributed by atoms with Gasteiger partial charge in [0.15, 0.2) is 18.1 Å². The Balaban J connectivity index is 1.59. The normalized spacial score (nSPS) is 23.4. The molecule has 19 nitrogen and oxygen atoms in total. The minimum Gasteiger partial charge on any atom is -0.495 e. The van der Waals surface area contributed by atoms with E-state index < -0.39 is 65.3 Å². The van der Waals surface area contributed by atoms with Gasteiger partial charge in [0.25, 0.3) is 0 Å². The Bertz CT molecular complexity index is 2180. The number of anilines is 1. The molecule has 4 bridgehead atoms. The highest BCUT2D eigenvalue weighted by Gasteiger charge is 2.50. The minimum absolute atomic E-state index is 0.0373. The number of Topliss-reactive ketones (excluding diaryl/α,β-unsaturated/α-hetero) is 1. The van der Waals surface area contributed by atoms with Gasteiger partial charge in [-0.1, -0.05) is 68.3 Å². The second-order valence-electron chi connectivity index (χ2n) is 19.6. The molecule has 2 aliphatic rings. The maximum Gasteiger partial charge on any atom is 0.409 e. The van der Waals surface area contributed by atoms with Crippen LogP contribution in [0.1, 0.15) is 79.2 Å². The maximum absolute atomic E-state index is 14.5. The second-order valence-corrected chi connectivity index (χ2v) is 22.8. The second kappa shape index (κ2) is 33.4. The summed E-state index contributed by atoms with van der Waals surface area (Å²) in [5.41, 5.74) is 0.169. The average molecular weight is 1140 g/mol. The van der Waals surface area contributed by atoms with Crippen LogP contribution in [0.2, 0.25) is 5.02 Å². The summed E-state index contributed by atoms with van der Waals surface area (Å²) >= 11 is 11.4. The first kappa shape index (κ1) is 66.3. The zero-order valence-electron chi connectivity index (χ0n) is 46.4. The van der Waals surface area contributed by atoms with E-state index >= 15 is 0 Å². The molecule has 3 rings (SSSR count). The smallest absolute Gasteiger partial charge is 0.409 e. The molecular formula is C53H82ClN5O14S3. The number of ether oxygens (including phenoxy) is 6. The molecular weight excluding hydrogens is 1060 g/mol. The van der Waals surface area contributed by atoms with E-state index in [9.17, 15) is 33.9 Å². The first-order valence-electron chi connectivity index (χ1n) is 25.4. The van der Waals surface area contributed by atoms with Gasteiger partial charge in [-0.15, -0.1) is 0 Å². The van der Waals surface area contributed by atoms with Gasteiger partial charge in [0.05, 0.1) is 50.5 Å². The quantitative estimate of drug-likeness (QED) is 0.0358. The van der Waals surface area contributed by atoms with E-state index in [1.165, 1.54) is 42.8 Å². The molecule has 0 saturated carbocycles. The Kier molecular flexibility index (Phi) is 29.1. The summed E-state index contributed by atoms with van der Waals surface area (Å²) in [4.78, 5) is 87.6. The van der Waals surface area contributed by atoms with Crippen molar-refractivity contribution in [2.24, 2.45) is 22.4 Å². The number of aliphatic hydroxyl groups is 1. The number of carbonyl (C=O) groups is 6. The molecule has 1 saturated heterocycles. The number of fused-ring (bicyclic) bond motifs is 4. The molecule has 1 fully saturated rings. The molecule has 76 heavy (non-hydrogen) atoms. The van der Waals surface area contributed by atoms with E-state index in [1.807, 2.05) is 53.2 Å². The van der Waals surface area contributed by atoms with Crippen molar-refractivity contribution in [1.82, 2.24) is 15.5 Å². The van der Waals surface area contributed by atoms with Gasteiger partial charge in [0, 0.05) is 76.3 Å². The number of oxime groups is 1. The maximum atomic E-state index is 14.5. The zero-order chi connectivity index (χ0) is 56.6. The first-order chi connectivity index (χ1) is 36.0. The lowest BCUT2D eigenvalue weighted by Crippen LogP contribution is -2.63. The summed E-state index contributed by atoms with van der Waals surface area (Å²) in [6.45, 7) is 12.6. The number of nitrogens with one attached hydrogen (secondary N) is 2. The number of nitrogens with zero attached hydrogens (tertiary/aromatic N) is 3. The third-order valence-electron chi connectivity index (χ3n) is 13.7. The van der Waals surface area contributed by atoms with Gasteiger partial charge in [-0.3, -0.25) is 24.5 Å². The van der Waals surface area contributed by atoms with Crippen LogP contribution in [-0.4, -0.2) is 185 Å². The van der Waals surface area contributed by atoms with Gasteiger partial charge in [0.1, 0.15) is 35.1 Å². The number of likely N-dealkylation sites (N-methyl/N-ethyl adjacent to an activating group) is 1. The molecule has 3 N–H and O–H groups in total. The largest absolute Gasteiger partial charge is 0.495 e. The minimum atomic E-state index is -1.84. The van der Waals surface area contributed by atoms with Crippen molar-refractivity contribution in [2.75, 3.05) is 108 Å². The van der Waals surface area contributed by atoms with Crippen molar-refractivity contribution >= 4 is 93.9 Å². The molecule has 1 unspecified atom stereocenters. The Morgan fingerprint density at radius 3 is 2.38 bits per heavy atom. The zero-order valence-corrected chi connectivity index (χ0v) is 49.6. The molecule has 2 aliphatic heterocycles. The van der Waals surface area contributed by atoms with Crippen LogP contribution in [-0.2, 0) is 58.9 Å². The molecule has 0 radical (unpaired) electrons. The number of halogens is 1. The first-order valence-corrected chi connectivity index (χ1v) is 29.7. The number of amides is 4. The molecule has 1 aromatic rings. The highest BCUT2D eigenvalue weighted by atomic mass is 35.5. The van der Waals surface area contributed by atoms with E-state index in [2.05, 4.69) is 15.8 Å². The SMILES string of the molecule is COc1cc2cc(c1Cl)N(C)C(=O)C[C@H](OC(=O)[C@H](C)N(C)C(=O)CCSCC(=O)NCCOCCOCCCC(=O)CON=C(CSC)CSC)C(C)(C)[C@@H](C)C(C)[C@@H]1C[C@@](O)(NC(=O)O1)[C@H](OC)/C=C/C=C(\C)C2. The molecule has 23 heteroatoms. The van der Waals surface area contributed by atoms with Gasteiger partial charge in [-0.25, -0.2) is 9.59 Å². The molecule has 7 atom stereocenters. The predicted octanol–water partition coefficient (Wildman–Crippen LogP) is 6.74. The molecule has 1 aromatic carbocycles. The van der Waals surface area contributed by atoms with Crippen LogP contribution in [0, 0.1) is 17.3 Å². The van der Waals surface area contributed by atoms with Crippen LogP contribution in [0.15, 0.2) is 41.1 Å². The highest BCUT2D eigenvalue weighted by molar-refractivity contribution is 8.00. The third-order valence-corrected chi connectivity index (χ3v) is 16.3. The topological polar surface area (TPSA) is 230 Å². The van der Waals surface area contributed by atoms with Gasteiger partial charge >= 0.3 is 12.1 Å². The average Bonchev–Trinajstić information content (AvgIpc) is 3.37. The van der Waals surface area contributed by atoms with Crippen LogP contribution < -0.4 is 20.3 Å². The van der Waals surface area contributed by atoms with Crippen molar-refractivity contribution in [2.45, 2.75) is 110 Å². The number of methoxy groups -OCH3 is 2. The highest BCUT2D eigenvalue weighted by Crippen LogP contribution is 2.44. The summed E-state index contributed by atoms with van der Waals surface area (Å²) < 4.78 is 34.5. The van der Waals surface area contributed by atoms with Crippen LogP contribution in [0.25, 0.3) is 0 Å². The summed E-state index contributed by atoms with van der Waals surface area (Å²) in [7, 11) is 6.01. The number of alkyl carbamates (subject to hydrolysis) is 1. The molecule has 428 valence electrons. The number of benzene rings is 1. The van der Waals surface area contributed by atoms with Crippen molar-refractivity contribution in [1.29, 1.82) is 0 Å². The van der Waals surface area contributed by atoms with Gasteiger partial charge in [-0.05, 0) is 68.7 Å². The van der Waals surface area contributed by atoms with Crippen molar-refractivity contribution in [3.8, 4) is 5.75 Å². The standard InChI is InChI=1S/C53H82ClN5O14S3/c1-34-15-13-17-44(68-10)53(66)29-43(72-51(65)56-53)35(2)36(3)52(5,6)45(28-48(63)59(8)41-26-38(25-34)27-42(67-9)49(41)54)73-50(64)37(4)58(7)47(62)18-24-76-33-46(61)55-19-21-70-23-22-69-20-14-16-40(60)30-71-57-39(31-74-11)32-75-12/h13,15,17,26-27,35-37,43-45,66H,14,16,18-25,28-33H2,1-12H3,(H,55,61)(H,56,65)/b17-13+,34-15+/t35?,36-,37-,43-,44+,45-,53-/m0/s1. The van der Waals surface area contributed by atoms with E-state index in [0.29, 0.717) is 62.8 Å². The molecule has 0 spiro atoms. The van der Waals surface area contributed by atoms with E-state index in [-0.39, 0.29) is 60.8 Å². The van der Waals surface area contributed by atoms with E-state index in [1.54, 1.807) is 61.8 Å². The summed E-state index contributed by atoms with van der Waals surface area (Å²) in [6.07, 6.45) is 6.60. The lowest BCUT2D eigenvalue weighted by atomic mass is 9.66. The molecule has 0 aliphatic carbocycles. The summed E-state index contributed by atoms with van der Waals surface area (Å²) in [5.74, 6) is -0.353. The number of ketones is 1. The fourth-order valence-corrected chi connectivity index (χ4v) is 10.7. The number of thioether (sulfide) groups is 3. The number of esters is 1. The summed E-state index contributed by atoms with van der Waals surface area (Å²) in [5, 5.41) is 21.6. The molecule has 4 amide bonds. The van der Waals surface area contributed by atoms with Gasteiger partial charge in [-0.2, -0.15) is 35.3 Å². The Morgan fingerprint density at radius 2 is 1.72 bits per heavy atom.